The molecule has 2 rings (SSSR count). The van der Waals surface area contributed by atoms with E-state index in [9.17, 15) is 0 Å². The van der Waals surface area contributed by atoms with Gasteiger partial charge < -0.3 is 5.32 Å². The smallest absolute Gasteiger partial charge is 0.0220 e. The molecule has 1 saturated heterocycles. The summed E-state index contributed by atoms with van der Waals surface area (Å²) in [4.78, 5) is 2.82. The van der Waals surface area contributed by atoms with Crippen LogP contribution in [0.4, 0.5) is 0 Å². The summed E-state index contributed by atoms with van der Waals surface area (Å²) < 4.78 is 0. The first-order valence-electron chi connectivity index (χ1n) is 8.14. The predicted octanol–water partition coefficient (Wildman–Crippen LogP) is 3.42. The second-order valence-electron chi connectivity index (χ2n) is 6.80. The molecule has 2 aliphatic rings. The van der Waals surface area contributed by atoms with Crippen molar-refractivity contribution in [2.24, 2.45) is 5.92 Å². The number of hydrogen-bond acceptors (Lipinski definition) is 2. The highest BCUT2D eigenvalue weighted by molar-refractivity contribution is 4.93. The molecule has 18 heavy (non-hydrogen) atoms. The molecular formula is C16H32N2. The molecule has 0 aromatic carbocycles. The minimum absolute atomic E-state index is 0.496. The molecule has 1 aliphatic carbocycles. The van der Waals surface area contributed by atoms with Gasteiger partial charge in [0.15, 0.2) is 0 Å². The van der Waals surface area contributed by atoms with Crippen molar-refractivity contribution in [3.63, 3.8) is 0 Å². The molecule has 0 bridgehead atoms. The van der Waals surface area contributed by atoms with Crippen molar-refractivity contribution >= 4 is 0 Å². The minimum Gasteiger partial charge on any atom is -0.312 e. The van der Waals surface area contributed by atoms with Crippen molar-refractivity contribution in [1.29, 1.82) is 0 Å². The zero-order chi connectivity index (χ0) is 13.0. The van der Waals surface area contributed by atoms with E-state index in [2.05, 4.69) is 31.0 Å². The maximum atomic E-state index is 3.78. The lowest BCUT2D eigenvalue weighted by Crippen LogP contribution is -2.52. The zero-order valence-electron chi connectivity index (χ0n) is 12.7. The lowest BCUT2D eigenvalue weighted by atomic mass is 9.81. The molecule has 2 fully saturated rings. The van der Waals surface area contributed by atoms with Crippen LogP contribution in [0.2, 0.25) is 0 Å². The topological polar surface area (TPSA) is 15.3 Å². The molecule has 2 heteroatoms. The van der Waals surface area contributed by atoms with Crippen molar-refractivity contribution in [2.75, 3.05) is 19.6 Å². The van der Waals surface area contributed by atoms with Gasteiger partial charge in [-0.3, -0.25) is 4.90 Å². The van der Waals surface area contributed by atoms with Crippen LogP contribution in [0.5, 0.6) is 0 Å². The standard InChI is InChI=1S/C16H32N2/c1-4-14(2)15-13-18(12-8-11-17-15)16(3)9-6-5-7-10-16/h14-15,17H,4-13H2,1-3H3. The summed E-state index contributed by atoms with van der Waals surface area (Å²) in [6.07, 6.45) is 9.78. The van der Waals surface area contributed by atoms with Gasteiger partial charge in [0, 0.05) is 18.1 Å². The van der Waals surface area contributed by atoms with Crippen LogP contribution in [-0.2, 0) is 0 Å². The maximum Gasteiger partial charge on any atom is 0.0220 e. The largest absolute Gasteiger partial charge is 0.312 e. The Morgan fingerprint density at radius 3 is 2.61 bits per heavy atom. The highest BCUT2D eigenvalue weighted by atomic mass is 15.2. The van der Waals surface area contributed by atoms with Crippen LogP contribution in [0.3, 0.4) is 0 Å². The van der Waals surface area contributed by atoms with Crippen LogP contribution in [0.15, 0.2) is 0 Å². The second-order valence-corrected chi connectivity index (χ2v) is 6.80. The Labute approximate surface area is 114 Å². The lowest BCUT2D eigenvalue weighted by molar-refractivity contribution is 0.0590. The Morgan fingerprint density at radius 2 is 1.94 bits per heavy atom. The summed E-state index contributed by atoms with van der Waals surface area (Å²) >= 11 is 0. The minimum atomic E-state index is 0.496. The van der Waals surface area contributed by atoms with Crippen LogP contribution in [0.1, 0.15) is 65.7 Å². The molecule has 0 aromatic heterocycles. The molecule has 2 nitrogen and oxygen atoms in total. The highest BCUT2D eigenvalue weighted by Gasteiger charge is 2.35. The molecular weight excluding hydrogens is 220 g/mol. The van der Waals surface area contributed by atoms with E-state index < -0.39 is 0 Å². The van der Waals surface area contributed by atoms with E-state index in [1.165, 1.54) is 64.6 Å². The fourth-order valence-electron chi connectivity index (χ4n) is 3.74. The SMILES string of the molecule is CCC(C)C1CN(C2(C)CCCCC2)CCCN1. The molecule has 1 N–H and O–H groups in total. The van der Waals surface area contributed by atoms with Gasteiger partial charge in [-0.2, -0.15) is 0 Å². The molecule has 0 amide bonds. The summed E-state index contributed by atoms with van der Waals surface area (Å²) in [6, 6.07) is 0.705. The molecule has 0 radical (unpaired) electrons. The zero-order valence-corrected chi connectivity index (χ0v) is 12.7. The van der Waals surface area contributed by atoms with Crippen LogP contribution in [0.25, 0.3) is 0 Å². The molecule has 1 heterocycles. The fraction of sp³-hybridized carbons (Fsp3) is 1.00. The third-order valence-corrected chi connectivity index (χ3v) is 5.45. The summed E-state index contributed by atoms with van der Waals surface area (Å²) in [5.74, 6) is 0.804. The van der Waals surface area contributed by atoms with E-state index in [0.29, 0.717) is 11.6 Å². The number of nitrogens with one attached hydrogen (secondary N) is 1. The van der Waals surface area contributed by atoms with Gasteiger partial charge in [0.1, 0.15) is 0 Å². The molecule has 2 atom stereocenters. The van der Waals surface area contributed by atoms with Crippen LogP contribution >= 0.6 is 0 Å². The molecule has 0 aromatic rings. The maximum absolute atomic E-state index is 3.78. The van der Waals surface area contributed by atoms with E-state index in [1.54, 1.807) is 0 Å². The van der Waals surface area contributed by atoms with Gasteiger partial charge in [-0.05, 0) is 45.2 Å². The number of hydrogen-bond donors (Lipinski definition) is 1. The Balaban J connectivity index is 2.01. The first kappa shape index (κ1) is 14.3. The van der Waals surface area contributed by atoms with Gasteiger partial charge in [-0.25, -0.2) is 0 Å². The fourth-order valence-corrected chi connectivity index (χ4v) is 3.74. The van der Waals surface area contributed by atoms with Crippen LogP contribution < -0.4 is 5.32 Å². The van der Waals surface area contributed by atoms with Gasteiger partial charge in [-0.15, -0.1) is 0 Å². The van der Waals surface area contributed by atoms with Crippen LogP contribution in [-0.4, -0.2) is 36.1 Å². The molecule has 0 spiro atoms. The lowest BCUT2D eigenvalue weighted by Gasteiger charge is -2.45. The van der Waals surface area contributed by atoms with E-state index in [1.807, 2.05) is 0 Å². The average Bonchev–Trinajstić information content (AvgIpc) is 2.65. The first-order chi connectivity index (χ1) is 8.65. The van der Waals surface area contributed by atoms with E-state index in [-0.39, 0.29) is 0 Å². The van der Waals surface area contributed by atoms with Crippen LogP contribution in [0, 0.1) is 5.92 Å². The second kappa shape index (κ2) is 6.38. The van der Waals surface area contributed by atoms with Gasteiger partial charge in [-0.1, -0.05) is 39.5 Å². The average molecular weight is 252 g/mol. The van der Waals surface area contributed by atoms with E-state index in [0.717, 1.165) is 5.92 Å². The van der Waals surface area contributed by atoms with Gasteiger partial charge in [0.25, 0.3) is 0 Å². The Hall–Kier alpha value is -0.0800. The normalized spacial score (nSPS) is 31.8. The quantitative estimate of drug-likeness (QED) is 0.828. The third kappa shape index (κ3) is 3.27. The van der Waals surface area contributed by atoms with Crippen molar-refractivity contribution < 1.29 is 0 Å². The van der Waals surface area contributed by atoms with Gasteiger partial charge in [0.2, 0.25) is 0 Å². The molecule has 1 aliphatic heterocycles. The van der Waals surface area contributed by atoms with Crippen molar-refractivity contribution in [3.05, 3.63) is 0 Å². The van der Waals surface area contributed by atoms with Crippen molar-refractivity contribution in [1.82, 2.24) is 10.2 Å². The monoisotopic (exact) mass is 252 g/mol. The van der Waals surface area contributed by atoms with E-state index >= 15 is 0 Å². The molecule has 2 unspecified atom stereocenters. The summed E-state index contributed by atoms with van der Waals surface area (Å²) in [6.45, 7) is 11.0. The first-order valence-corrected chi connectivity index (χ1v) is 8.14. The number of rotatable bonds is 3. The highest BCUT2D eigenvalue weighted by Crippen LogP contribution is 2.34. The van der Waals surface area contributed by atoms with Gasteiger partial charge in [0.05, 0.1) is 0 Å². The van der Waals surface area contributed by atoms with Crippen molar-refractivity contribution in [3.8, 4) is 0 Å². The van der Waals surface area contributed by atoms with E-state index in [4.69, 9.17) is 0 Å². The van der Waals surface area contributed by atoms with Crippen molar-refractivity contribution in [2.45, 2.75) is 77.3 Å². The predicted molar refractivity (Wildman–Crippen MR) is 78.9 cm³/mol. The summed E-state index contributed by atoms with van der Waals surface area (Å²) in [5.41, 5.74) is 0.496. The van der Waals surface area contributed by atoms with Gasteiger partial charge >= 0.3 is 0 Å². The molecule has 106 valence electrons. The number of nitrogens with zero attached hydrogens (tertiary/aromatic N) is 1. The third-order valence-electron chi connectivity index (χ3n) is 5.45. The summed E-state index contributed by atoms with van der Waals surface area (Å²) in [7, 11) is 0. The molecule has 1 saturated carbocycles. The Bertz CT molecular complexity index is 245. The summed E-state index contributed by atoms with van der Waals surface area (Å²) in [5, 5.41) is 3.78. The Morgan fingerprint density at radius 1 is 1.22 bits per heavy atom. The Kier molecular flexibility index (Phi) is 5.08.